The standard InChI is InChI=1S/C16H16BrCl2N/c1-2-20-16(13-5-3-4-6-14(13)18)9-11-7-8-12(17)10-15(11)19/h3-8,10,16,20H,2,9H2,1H3. The molecule has 20 heavy (non-hydrogen) atoms. The molecule has 1 atom stereocenters. The van der Waals surface area contributed by atoms with E-state index in [-0.39, 0.29) is 6.04 Å². The number of hydrogen-bond donors (Lipinski definition) is 1. The summed E-state index contributed by atoms with van der Waals surface area (Å²) in [4.78, 5) is 0. The molecule has 0 saturated heterocycles. The van der Waals surface area contributed by atoms with Gasteiger partial charge >= 0.3 is 0 Å². The Morgan fingerprint density at radius 3 is 2.50 bits per heavy atom. The highest BCUT2D eigenvalue weighted by Crippen LogP contribution is 2.29. The lowest BCUT2D eigenvalue weighted by molar-refractivity contribution is 0.550. The minimum absolute atomic E-state index is 0.160. The van der Waals surface area contributed by atoms with Gasteiger partial charge < -0.3 is 5.32 Å². The van der Waals surface area contributed by atoms with Gasteiger partial charge in [0.1, 0.15) is 0 Å². The van der Waals surface area contributed by atoms with Crippen molar-refractivity contribution in [2.24, 2.45) is 0 Å². The van der Waals surface area contributed by atoms with E-state index in [2.05, 4.69) is 34.2 Å². The second-order valence-corrected chi connectivity index (χ2v) is 6.30. The third-order valence-corrected chi connectivity index (χ3v) is 4.36. The van der Waals surface area contributed by atoms with E-state index < -0.39 is 0 Å². The van der Waals surface area contributed by atoms with Gasteiger partial charge in [-0.05, 0) is 42.3 Å². The van der Waals surface area contributed by atoms with Crippen LogP contribution in [0.1, 0.15) is 24.1 Å². The number of rotatable bonds is 5. The zero-order valence-electron chi connectivity index (χ0n) is 11.2. The van der Waals surface area contributed by atoms with Gasteiger partial charge in [0.15, 0.2) is 0 Å². The Morgan fingerprint density at radius 1 is 1.10 bits per heavy atom. The van der Waals surface area contributed by atoms with Gasteiger partial charge in [0.25, 0.3) is 0 Å². The smallest absolute Gasteiger partial charge is 0.0453 e. The minimum Gasteiger partial charge on any atom is -0.310 e. The largest absolute Gasteiger partial charge is 0.310 e. The van der Waals surface area contributed by atoms with Crippen molar-refractivity contribution in [3.05, 3.63) is 68.1 Å². The van der Waals surface area contributed by atoms with Crippen LogP contribution >= 0.6 is 39.1 Å². The number of halogens is 3. The number of nitrogens with one attached hydrogen (secondary N) is 1. The van der Waals surface area contributed by atoms with E-state index in [1.165, 1.54) is 0 Å². The fourth-order valence-electron chi connectivity index (χ4n) is 2.20. The third kappa shape index (κ3) is 3.98. The van der Waals surface area contributed by atoms with Gasteiger partial charge in [0.2, 0.25) is 0 Å². The monoisotopic (exact) mass is 371 g/mol. The first-order valence-electron chi connectivity index (χ1n) is 6.53. The summed E-state index contributed by atoms with van der Waals surface area (Å²) in [5.41, 5.74) is 2.22. The summed E-state index contributed by atoms with van der Waals surface area (Å²) in [6.07, 6.45) is 0.809. The van der Waals surface area contributed by atoms with E-state index in [1.54, 1.807) is 0 Å². The second kappa shape index (κ2) is 7.46. The predicted molar refractivity (Wildman–Crippen MR) is 90.7 cm³/mol. The first-order valence-corrected chi connectivity index (χ1v) is 8.08. The van der Waals surface area contributed by atoms with Crippen molar-refractivity contribution in [2.75, 3.05) is 6.54 Å². The van der Waals surface area contributed by atoms with Crippen molar-refractivity contribution in [3.63, 3.8) is 0 Å². The molecule has 0 spiro atoms. The molecule has 106 valence electrons. The molecule has 1 nitrogen and oxygen atoms in total. The van der Waals surface area contributed by atoms with Crippen LogP contribution in [0, 0.1) is 0 Å². The third-order valence-electron chi connectivity index (χ3n) is 3.17. The first-order chi connectivity index (χ1) is 9.61. The molecule has 0 amide bonds. The molecule has 0 saturated carbocycles. The van der Waals surface area contributed by atoms with Crippen LogP contribution in [0.5, 0.6) is 0 Å². The lowest BCUT2D eigenvalue weighted by Gasteiger charge is -2.20. The SMILES string of the molecule is CCNC(Cc1ccc(Br)cc1Cl)c1ccccc1Cl. The van der Waals surface area contributed by atoms with Crippen LogP contribution in [0.25, 0.3) is 0 Å². The molecule has 0 aliphatic carbocycles. The van der Waals surface area contributed by atoms with Crippen molar-refractivity contribution in [1.29, 1.82) is 0 Å². The van der Waals surface area contributed by atoms with Crippen LogP contribution in [-0.2, 0) is 6.42 Å². The summed E-state index contributed by atoms with van der Waals surface area (Å²) in [7, 11) is 0. The van der Waals surface area contributed by atoms with Crippen molar-refractivity contribution < 1.29 is 0 Å². The molecule has 2 aromatic carbocycles. The molecule has 0 fully saturated rings. The minimum atomic E-state index is 0.160. The molecule has 0 aliphatic heterocycles. The quantitative estimate of drug-likeness (QED) is 0.714. The lowest BCUT2D eigenvalue weighted by Crippen LogP contribution is -2.23. The van der Waals surface area contributed by atoms with E-state index in [1.807, 2.05) is 36.4 Å². The highest BCUT2D eigenvalue weighted by Gasteiger charge is 2.15. The van der Waals surface area contributed by atoms with E-state index in [4.69, 9.17) is 23.2 Å². The number of likely N-dealkylation sites (N-methyl/N-ethyl adjacent to an activating group) is 1. The van der Waals surface area contributed by atoms with Crippen LogP contribution in [0.4, 0.5) is 0 Å². The van der Waals surface area contributed by atoms with E-state index in [0.29, 0.717) is 0 Å². The predicted octanol–water partition coefficient (Wildman–Crippen LogP) is 5.65. The summed E-state index contributed by atoms with van der Waals surface area (Å²) in [6.45, 7) is 2.97. The molecule has 0 aliphatic rings. The highest BCUT2D eigenvalue weighted by molar-refractivity contribution is 9.10. The van der Waals surface area contributed by atoms with Gasteiger partial charge in [0.05, 0.1) is 0 Å². The van der Waals surface area contributed by atoms with Crippen molar-refractivity contribution in [3.8, 4) is 0 Å². The van der Waals surface area contributed by atoms with E-state index in [9.17, 15) is 0 Å². The van der Waals surface area contributed by atoms with Crippen LogP contribution in [-0.4, -0.2) is 6.54 Å². The molecule has 0 radical (unpaired) electrons. The van der Waals surface area contributed by atoms with Gasteiger partial charge in [-0.2, -0.15) is 0 Å². The fourth-order valence-corrected chi connectivity index (χ4v) is 3.22. The molecule has 2 aromatic rings. The summed E-state index contributed by atoms with van der Waals surface area (Å²) in [5.74, 6) is 0. The Hall–Kier alpha value is -0.540. The van der Waals surface area contributed by atoms with Crippen molar-refractivity contribution in [1.82, 2.24) is 5.32 Å². The molecular formula is C16H16BrCl2N. The fraction of sp³-hybridized carbons (Fsp3) is 0.250. The maximum absolute atomic E-state index is 6.31. The van der Waals surface area contributed by atoms with Gasteiger partial charge in [0, 0.05) is 20.6 Å². The molecule has 1 unspecified atom stereocenters. The van der Waals surface area contributed by atoms with Gasteiger partial charge in [-0.1, -0.05) is 70.3 Å². The highest BCUT2D eigenvalue weighted by atomic mass is 79.9. The van der Waals surface area contributed by atoms with E-state index in [0.717, 1.165) is 38.6 Å². The molecule has 1 N–H and O–H groups in total. The Kier molecular flexibility index (Phi) is 5.91. The first kappa shape index (κ1) is 15.8. The number of benzene rings is 2. The van der Waals surface area contributed by atoms with Gasteiger partial charge in [-0.25, -0.2) is 0 Å². The van der Waals surface area contributed by atoms with Crippen LogP contribution in [0.15, 0.2) is 46.9 Å². The summed E-state index contributed by atoms with van der Waals surface area (Å²) in [6, 6.07) is 14.1. The molecular weight excluding hydrogens is 357 g/mol. The lowest BCUT2D eigenvalue weighted by atomic mass is 9.98. The van der Waals surface area contributed by atoms with Crippen molar-refractivity contribution in [2.45, 2.75) is 19.4 Å². The zero-order chi connectivity index (χ0) is 14.5. The molecule has 0 bridgehead atoms. The van der Waals surface area contributed by atoms with E-state index >= 15 is 0 Å². The average Bonchev–Trinajstić information content (AvgIpc) is 2.42. The van der Waals surface area contributed by atoms with Gasteiger partial charge in [-0.3, -0.25) is 0 Å². The molecule has 2 rings (SSSR count). The summed E-state index contributed by atoms with van der Waals surface area (Å²) < 4.78 is 0.990. The Balaban J connectivity index is 2.28. The molecule has 0 aromatic heterocycles. The second-order valence-electron chi connectivity index (χ2n) is 4.57. The Morgan fingerprint density at radius 2 is 1.85 bits per heavy atom. The Labute approximate surface area is 138 Å². The van der Waals surface area contributed by atoms with Gasteiger partial charge in [-0.15, -0.1) is 0 Å². The normalized spacial score (nSPS) is 12.4. The zero-order valence-corrected chi connectivity index (χ0v) is 14.3. The summed E-state index contributed by atoms with van der Waals surface area (Å²) in [5, 5.41) is 5.03. The summed E-state index contributed by atoms with van der Waals surface area (Å²) >= 11 is 16.0. The van der Waals surface area contributed by atoms with Crippen molar-refractivity contribution >= 4 is 39.1 Å². The van der Waals surface area contributed by atoms with Crippen LogP contribution < -0.4 is 5.32 Å². The topological polar surface area (TPSA) is 12.0 Å². The average molecular weight is 373 g/mol. The molecule has 0 heterocycles. The molecule has 4 heteroatoms. The van der Waals surface area contributed by atoms with Crippen LogP contribution in [0.3, 0.4) is 0 Å². The maximum Gasteiger partial charge on any atom is 0.0453 e. The Bertz CT molecular complexity index is 586. The van der Waals surface area contributed by atoms with Crippen LogP contribution in [0.2, 0.25) is 10.0 Å². The maximum atomic E-state index is 6.31. The number of hydrogen-bond acceptors (Lipinski definition) is 1.